The van der Waals surface area contributed by atoms with E-state index in [2.05, 4.69) is 5.32 Å². The molecule has 0 spiro atoms. The van der Waals surface area contributed by atoms with Crippen molar-refractivity contribution in [2.45, 2.75) is 38.5 Å². The molecule has 0 fully saturated rings. The van der Waals surface area contributed by atoms with Gasteiger partial charge in [-0.05, 0) is 42.7 Å². The van der Waals surface area contributed by atoms with Crippen LogP contribution in [0.4, 0.5) is 0 Å². The maximum atomic E-state index is 12.4. The number of carbonyl (C=O) groups excluding carboxylic acids is 1. The predicted molar refractivity (Wildman–Crippen MR) is 88.3 cm³/mol. The molecule has 2 aromatic rings. The SMILES string of the molecule is Cc1cccc(OC(C)C(=O)NC2c3ccccc3CC2O)c1. The van der Waals surface area contributed by atoms with E-state index in [4.69, 9.17) is 4.74 Å². The van der Waals surface area contributed by atoms with Gasteiger partial charge in [0.1, 0.15) is 5.75 Å². The van der Waals surface area contributed by atoms with E-state index in [0.29, 0.717) is 12.2 Å². The third-order valence-electron chi connectivity index (χ3n) is 4.17. The van der Waals surface area contributed by atoms with E-state index in [-0.39, 0.29) is 11.9 Å². The van der Waals surface area contributed by atoms with Crippen LogP contribution in [0.3, 0.4) is 0 Å². The molecule has 0 heterocycles. The molecule has 3 atom stereocenters. The summed E-state index contributed by atoms with van der Waals surface area (Å²) in [7, 11) is 0. The van der Waals surface area contributed by atoms with E-state index < -0.39 is 12.2 Å². The van der Waals surface area contributed by atoms with Gasteiger partial charge in [0, 0.05) is 6.42 Å². The van der Waals surface area contributed by atoms with Gasteiger partial charge in [0.05, 0.1) is 12.1 Å². The molecule has 0 radical (unpaired) electrons. The number of hydrogen-bond acceptors (Lipinski definition) is 3. The number of fused-ring (bicyclic) bond motifs is 1. The maximum absolute atomic E-state index is 12.4. The lowest BCUT2D eigenvalue weighted by molar-refractivity contribution is -0.128. The fraction of sp³-hybridized carbons (Fsp3) is 0.316. The van der Waals surface area contributed by atoms with Crippen LogP contribution in [0.25, 0.3) is 0 Å². The maximum Gasteiger partial charge on any atom is 0.261 e. The van der Waals surface area contributed by atoms with Crippen molar-refractivity contribution in [3.8, 4) is 5.75 Å². The van der Waals surface area contributed by atoms with Crippen LogP contribution in [0.5, 0.6) is 5.75 Å². The lowest BCUT2D eigenvalue weighted by Gasteiger charge is -2.21. The summed E-state index contributed by atoms with van der Waals surface area (Å²) in [5.74, 6) is 0.437. The van der Waals surface area contributed by atoms with Gasteiger partial charge in [-0.1, -0.05) is 36.4 Å². The molecule has 0 saturated carbocycles. The molecule has 2 aromatic carbocycles. The fourth-order valence-electron chi connectivity index (χ4n) is 2.96. The van der Waals surface area contributed by atoms with Gasteiger partial charge in [-0.3, -0.25) is 4.79 Å². The Hall–Kier alpha value is -2.33. The molecule has 3 rings (SSSR count). The summed E-state index contributed by atoms with van der Waals surface area (Å²) in [6.07, 6.45) is -0.659. The van der Waals surface area contributed by atoms with Crippen LogP contribution >= 0.6 is 0 Å². The number of rotatable bonds is 4. The Morgan fingerprint density at radius 1 is 1.26 bits per heavy atom. The third-order valence-corrected chi connectivity index (χ3v) is 4.17. The summed E-state index contributed by atoms with van der Waals surface area (Å²) in [6, 6.07) is 15.0. The number of benzene rings is 2. The molecule has 1 aliphatic carbocycles. The lowest BCUT2D eigenvalue weighted by Crippen LogP contribution is -2.41. The molecule has 1 aliphatic rings. The van der Waals surface area contributed by atoms with Crippen molar-refractivity contribution in [3.63, 3.8) is 0 Å². The number of nitrogens with one attached hydrogen (secondary N) is 1. The quantitative estimate of drug-likeness (QED) is 0.912. The van der Waals surface area contributed by atoms with Crippen LogP contribution in [0.2, 0.25) is 0 Å². The first-order valence-corrected chi connectivity index (χ1v) is 7.84. The summed E-state index contributed by atoms with van der Waals surface area (Å²) in [4.78, 5) is 12.4. The molecule has 120 valence electrons. The first kappa shape index (κ1) is 15.6. The van der Waals surface area contributed by atoms with Gasteiger partial charge in [0.2, 0.25) is 0 Å². The van der Waals surface area contributed by atoms with Gasteiger partial charge in [0.15, 0.2) is 6.10 Å². The van der Waals surface area contributed by atoms with E-state index in [1.807, 2.05) is 55.5 Å². The van der Waals surface area contributed by atoms with Gasteiger partial charge in [-0.15, -0.1) is 0 Å². The zero-order valence-corrected chi connectivity index (χ0v) is 13.3. The average Bonchev–Trinajstić information content (AvgIpc) is 2.83. The standard InChI is InChI=1S/C19H21NO3/c1-12-6-5-8-15(10-12)23-13(2)19(22)20-18-16-9-4-3-7-14(16)11-17(18)21/h3-10,13,17-18,21H,11H2,1-2H3,(H,20,22). The highest BCUT2D eigenvalue weighted by Crippen LogP contribution is 2.31. The summed E-state index contributed by atoms with van der Waals surface area (Å²) in [6.45, 7) is 3.69. The molecule has 0 saturated heterocycles. The van der Waals surface area contributed by atoms with Crippen LogP contribution in [-0.4, -0.2) is 23.2 Å². The highest BCUT2D eigenvalue weighted by molar-refractivity contribution is 5.81. The molecule has 0 bridgehead atoms. The molecule has 1 amide bonds. The molecule has 4 heteroatoms. The predicted octanol–water partition coefficient (Wildman–Crippen LogP) is 2.54. The van der Waals surface area contributed by atoms with Gasteiger partial charge < -0.3 is 15.2 Å². The summed E-state index contributed by atoms with van der Waals surface area (Å²) in [5, 5.41) is 13.1. The first-order valence-electron chi connectivity index (χ1n) is 7.84. The molecule has 4 nitrogen and oxygen atoms in total. The van der Waals surface area contributed by atoms with Crippen molar-refractivity contribution < 1.29 is 14.6 Å². The highest BCUT2D eigenvalue weighted by Gasteiger charge is 2.33. The Morgan fingerprint density at radius 3 is 2.83 bits per heavy atom. The molecule has 2 N–H and O–H groups in total. The number of carbonyl (C=O) groups is 1. The summed E-state index contributed by atoms with van der Waals surface area (Å²) < 4.78 is 5.70. The first-order chi connectivity index (χ1) is 11.0. The van der Waals surface area contributed by atoms with E-state index in [1.165, 1.54) is 0 Å². The fourth-order valence-corrected chi connectivity index (χ4v) is 2.96. The Bertz CT molecular complexity index is 713. The molecule has 0 aliphatic heterocycles. The number of hydrogen-bond donors (Lipinski definition) is 2. The summed E-state index contributed by atoms with van der Waals surface area (Å²) >= 11 is 0. The van der Waals surface area contributed by atoms with Crippen LogP contribution in [-0.2, 0) is 11.2 Å². The van der Waals surface area contributed by atoms with Crippen molar-refractivity contribution in [2.75, 3.05) is 0 Å². The van der Waals surface area contributed by atoms with Crippen LogP contribution in [0.1, 0.15) is 29.7 Å². The molecule has 0 aromatic heterocycles. The van der Waals surface area contributed by atoms with Crippen molar-refractivity contribution in [1.82, 2.24) is 5.32 Å². The minimum absolute atomic E-state index is 0.229. The topological polar surface area (TPSA) is 58.6 Å². The second-order valence-corrected chi connectivity index (χ2v) is 6.03. The number of aliphatic hydroxyl groups excluding tert-OH is 1. The van der Waals surface area contributed by atoms with Gasteiger partial charge >= 0.3 is 0 Å². The smallest absolute Gasteiger partial charge is 0.261 e. The van der Waals surface area contributed by atoms with Gasteiger partial charge in [0.25, 0.3) is 5.91 Å². The Kier molecular flexibility index (Phi) is 4.35. The van der Waals surface area contributed by atoms with Gasteiger partial charge in [-0.2, -0.15) is 0 Å². The monoisotopic (exact) mass is 311 g/mol. The normalized spacial score (nSPS) is 20.7. The van der Waals surface area contributed by atoms with Gasteiger partial charge in [-0.25, -0.2) is 0 Å². The van der Waals surface area contributed by atoms with Crippen LogP contribution in [0, 0.1) is 6.92 Å². The summed E-state index contributed by atoms with van der Waals surface area (Å²) in [5.41, 5.74) is 3.14. The largest absolute Gasteiger partial charge is 0.481 e. The zero-order chi connectivity index (χ0) is 16.4. The zero-order valence-electron chi connectivity index (χ0n) is 13.3. The minimum Gasteiger partial charge on any atom is -0.481 e. The number of amides is 1. The van der Waals surface area contributed by atoms with E-state index in [9.17, 15) is 9.90 Å². The van der Waals surface area contributed by atoms with E-state index in [0.717, 1.165) is 16.7 Å². The Morgan fingerprint density at radius 2 is 2.04 bits per heavy atom. The van der Waals surface area contributed by atoms with Crippen LogP contribution < -0.4 is 10.1 Å². The van der Waals surface area contributed by atoms with Crippen molar-refractivity contribution >= 4 is 5.91 Å². The third kappa shape index (κ3) is 3.37. The van der Waals surface area contributed by atoms with Crippen molar-refractivity contribution in [3.05, 3.63) is 65.2 Å². The average molecular weight is 311 g/mol. The Labute approximate surface area is 136 Å². The van der Waals surface area contributed by atoms with E-state index in [1.54, 1.807) is 6.92 Å². The molecule has 3 unspecified atom stereocenters. The number of ether oxygens (including phenoxy) is 1. The van der Waals surface area contributed by atoms with Crippen LogP contribution in [0.15, 0.2) is 48.5 Å². The Balaban J connectivity index is 1.67. The highest BCUT2D eigenvalue weighted by atomic mass is 16.5. The van der Waals surface area contributed by atoms with E-state index >= 15 is 0 Å². The lowest BCUT2D eigenvalue weighted by atomic mass is 10.1. The number of aliphatic hydroxyl groups is 1. The number of aryl methyl sites for hydroxylation is 1. The van der Waals surface area contributed by atoms with Crippen molar-refractivity contribution in [2.24, 2.45) is 0 Å². The molecular weight excluding hydrogens is 290 g/mol. The second-order valence-electron chi connectivity index (χ2n) is 6.03. The van der Waals surface area contributed by atoms with Crippen molar-refractivity contribution in [1.29, 1.82) is 0 Å². The minimum atomic E-state index is -0.628. The molecule has 23 heavy (non-hydrogen) atoms. The molecular formula is C19H21NO3. The second kappa shape index (κ2) is 6.42.